The van der Waals surface area contributed by atoms with E-state index in [1.807, 2.05) is 32.0 Å². The first-order valence-electron chi connectivity index (χ1n) is 6.35. The lowest BCUT2D eigenvalue weighted by Crippen LogP contribution is -2.34. The molecule has 1 aliphatic rings. The number of hydrogen-bond acceptors (Lipinski definition) is 3. The van der Waals surface area contributed by atoms with Crippen molar-refractivity contribution in [2.75, 3.05) is 5.32 Å². The van der Waals surface area contributed by atoms with E-state index in [9.17, 15) is 9.59 Å². The van der Waals surface area contributed by atoms with Crippen LogP contribution in [0.2, 0.25) is 0 Å². The van der Waals surface area contributed by atoms with Gasteiger partial charge < -0.3 is 15.4 Å². The molecule has 2 amide bonds. The zero-order valence-corrected chi connectivity index (χ0v) is 11.3. The Kier molecular flexibility index (Phi) is 3.74. The number of amides is 2. The number of carbonyl (C=O) groups excluding carboxylic acids is 2. The Balaban J connectivity index is 2.07. The summed E-state index contributed by atoms with van der Waals surface area (Å²) in [5, 5.41) is 5.62. The standard InChI is InChI=1S/C14H18N2O3/c1-8(2)13(17)15-7-10-4-5-12-11(6-10)16-14(18)9(3)19-12/h4-6,8-9H,7H2,1-3H3,(H,15,17)(H,16,18). The number of rotatable bonds is 3. The van der Waals surface area contributed by atoms with Gasteiger partial charge >= 0.3 is 0 Å². The highest BCUT2D eigenvalue weighted by Crippen LogP contribution is 2.30. The van der Waals surface area contributed by atoms with Crippen LogP contribution in [0, 0.1) is 5.92 Å². The van der Waals surface area contributed by atoms with Crippen LogP contribution in [0.3, 0.4) is 0 Å². The number of anilines is 1. The molecule has 102 valence electrons. The lowest BCUT2D eigenvalue weighted by atomic mass is 10.1. The fourth-order valence-corrected chi connectivity index (χ4v) is 1.76. The zero-order valence-electron chi connectivity index (χ0n) is 11.3. The van der Waals surface area contributed by atoms with E-state index in [4.69, 9.17) is 4.74 Å². The number of hydrogen-bond donors (Lipinski definition) is 2. The fraction of sp³-hybridized carbons (Fsp3) is 0.429. The van der Waals surface area contributed by atoms with Crippen LogP contribution in [0.5, 0.6) is 5.75 Å². The Morgan fingerprint density at radius 1 is 1.47 bits per heavy atom. The molecular weight excluding hydrogens is 244 g/mol. The summed E-state index contributed by atoms with van der Waals surface area (Å²) in [7, 11) is 0. The molecular formula is C14H18N2O3. The number of benzene rings is 1. The van der Waals surface area contributed by atoms with Crippen molar-refractivity contribution in [2.24, 2.45) is 5.92 Å². The first kappa shape index (κ1) is 13.4. The third-order valence-corrected chi connectivity index (χ3v) is 2.97. The van der Waals surface area contributed by atoms with Crippen LogP contribution < -0.4 is 15.4 Å². The molecule has 5 nitrogen and oxygen atoms in total. The molecule has 0 spiro atoms. The highest BCUT2D eigenvalue weighted by Gasteiger charge is 2.23. The monoisotopic (exact) mass is 262 g/mol. The van der Waals surface area contributed by atoms with Gasteiger partial charge in [-0.2, -0.15) is 0 Å². The summed E-state index contributed by atoms with van der Waals surface area (Å²) in [4.78, 5) is 23.0. The minimum atomic E-state index is -0.473. The van der Waals surface area contributed by atoms with Gasteiger partial charge in [-0.3, -0.25) is 9.59 Å². The molecule has 1 unspecified atom stereocenters. The van der Waals surface area contributed by atoms with E-state index >= 15 is 0 Å². The quantitative estimate of drug-likeness (QED) is 0.871. The van der Waals surface area contributed by atoms with Crippen molar-refractivity contribution >= 4 is 17.5 Å². The number of nitrogens with one attached hydrogen (secondary N) is 2. The Morgan fingerprint density at radius 2 is 2.21 bits per heavy atom. The molecule has 19 heavy (non-hydrogen) atoms. The molecule has 0 radical (unpaired) electrons. The van der Waals surface area contributed by atoms with Crippen LogP contribution in [-0.4, -0.2) is 17.9 Å². The Morgan fingerprint density at radius 3 is 2.89 bits per heavy atom. The Labute approximate surface area is 112 Å². The van der Waals surface area contributed by atoms with Crippen molar-refractivity contribution < 1.29 is 14.3 Å². The van der Waals surface area contributed by atoms with Crippen LogP contribution in [0.15, 0.2) is 18.2 Å². The molecule has 1 aromatic rings. The van der Waals surface area contributed by atoms with Crippen molar-refractivity contribution in [3.05, 3.63) is 23.8 Å². The van der Waals surface area contributed by atoms with Crippen molar-refractivity contribution in [1.29, 1.82) is 0 Å². The SMILES string of the molecule is CC(C)C(=O)NCc1ccc2c(c1)NC(=O)C(C)O2. The van der Waals surface area contributed by atoms with E-state index in [1.54, 1.807) is 6.92 Å². The first-order valence-corrected chi connectivity index (χ1v) is 6.35. The van der Waals surface area contributed by atoms with Gasteiger partial charge in [0.25, 0.3) is 5.91 Å². The molecule has 2 rings (SSSR count). The van der Waals surface area contributed by atoms with Gasteiger partial charge in [-0.25, -0.2) is 0 Å². The number of carbonyl (C=O) groups is 2. The van der Waals surface area contributed by atoms with Crippen molar-refractivity contribution in [1.82, 2.24) is 5.32 Å². The highest BCUT2D eigenvalue weighted by atomic mass is 16.5. The summed E-state index contributed by atoms with van der Waals surface area (Å²) < 4.78 is 5.46. The van der Waals surface area contributed by atoms with E-state index in [-0.39, 0.29) is 17.7 Å². The van der Waals surface area contributed by atoms with Gasteiger partial charge in [0.2, 0.25) is 5.91 Å². The highest BCUT2D eigenvalue weighted by molar-refractivity contribution is 5.97. The molecule has 2 N–H and O–H groups in total. The van der Waals surface area contributed by atoms with Crippen LogP contribution in [0.25, 0.3) is 0 Å². The van der Waals surface area contributed by atoms with Crippen molar-refractivity contribution in [3.63, 3.8) is 0 Å². The van der Waals surface area contributed by atoms with Gasteiger partial charge in [0.15, 0.2) is 6.10 Å². The third kappa shape index (κ3) is 3.05. The Hall–Kier alpha value is -2.04. The van der Waals surface area contributed by atoms with Crippen LogP contribution in [0.1, 0.15) is 26.3 Å². The van der Waals surface area contributed by atoms with Gasteiger partial charge in [-0.05, 0) is 24.6 Å². The molecule has 1 aromatic carbocycles. The molecule has 5 heteroatoms. The van der Waals surface area contributed by atoms with Crippen molar-refractivity contribution in [3.8, 4) is 5.75 Å². The zero-order chi connectivity index (χ0) is 14.0. The van der Waals surface area contributed by atoms with Crippen LogP contribution >= 0.6 is 0 Å². The van der Waals surface area contributed by atoms with Gasteiger partial charge in [0.1, 0.15) is 5.75 Å². The number of ether oxygens (including phenoxy) is 1. The largest absolute Gasteiger partial charge is 0.479 e. The molecule has 1 atom stereocenters. The molecule has 0 aliphatic carbocycles. The lowest BCUT2D eigenvalue weighted by molar-refractivity contribution is -0.124. The summed E-state index contributed by atoms with van der Waals surface area (Å²) in [5.74, 6) is 0.468. The van der Waals surface area contributed by atoms with Gasteiger partial charge in [0.05, 0.1) is 5.69 Å². The van der Waals surface area contributed by atoms with E-state index in [1.165, 1.54) is 0 Å². The molecule has 1 heterocycles. The molecule has 0 aromatic heterocycles. The summed E-state index contributed by atoms with van der Waals surface area (Å²) in [6.07, 6.45) is -0.473. The molecule has 1 aliphatic heterocycles. The second-order valence-corrected chi connectivity index (χ2v) is 4.95. The van der Waals surface area contributed by atoms with E-state index in [0.29, 0.717) is 18.0 Å². The van der Waals surface area contributed by atoms with Gasteiger partial charge in [-0.1, -0.05) is 19.9 Å². The summed E-state index contributed by atoms with van der Waals surface area (Å²) in [5.41, 5.74) is 1.57. The van der Waals surface area contributed by atoms with E-state index < -0.39 is 6.10 Å². The first-order chi connectivity index (χ1) is 8.97. The molecule has 0 fully saturated rings. The average Bonchev–Trinajstić information content (AvgIpc) is 2.37. The average molecular weight is 262 g/mol. The van der Waals surface area contributed by atoms with Crippen molar-refractivity contribution in [2.45, 2.75) is 33.4 Å². The maximum atomic E-state index is 11.5. The predicted octanol–water partition coefficient (Wildman–Crippen LogP) is 1.68. The summed E-state index contributed by atoms with van der Waals surface area (Å²) in [6, 6.07) is 5.51. The lowest BCUT2D eigenvalue weighted by Gasteiger charge is -2.23. The van der Waals surface area contributed by atoms with Crippen LogP contribution in [0.4, 0.5) is 5.69 Å². The minimum Gasteiger partial charge on any atom is -0.479 e. The fourth-order valence-electron chi connectivity index (χ4n) is 1.76. The molecule has 0 saturated heterocycles. The maximum Gasteiger partial charge on any atom is 0.265 e. The topological polar surface area (TPSA) is 67.4 Å². The Bertz CT molecular complexity index is 511. The predicted molar refractivity (Wildman–Crippen MR) is 71.8 cm³/mol. The van der Waals surface area contributed by atoms with E-state index in [2.05, 4.69) is 10.6 Å². The van der Waals surface area contributed by atoms with Gasteiger partial charge in [-0.15, -0.1) is 0 Å². The normalized spacial score (nSPS) is 17.5. The summed E-state index contributed by atoms with van der Waals surface area (Å²) >= 11 is 0. The van der Waals surface area contributed by atoms with Gasteiger partial charge in [0, 0.05) is 12.5 Å². The molecule has 0 bridgehead atoms. The van der Waals surface area contributed by atoms with E-state index in [0.717, 1.165) is 5.56 Å². The molecule has 0 saturated carbocycles. The maximum absolute atomic E-state index is 11.5. The second kappa shape index (κ2) is 5.30. The van der Waals surface area contributed by atoms with Crippen LogP contribution in [-0.2, 0) is 16.1 Å². The third-order valence-electron chi connectivity index (χ3n) is 2.97. The second-order valence-electron chi connectivity index (χ2n) is 4.95. The number of fused-ring (bicyclic) bond motifs is 1. The minimum absolute atomic E-state index is 0.00614. The summed E-state index contributed by atoms with van der Waals surface area (Å²) in [6.45, 7) is 5.83. The smallest absolute Gasteiger partial charge is 0.265 e.